The molecule has 1 aromatic heterocycles. The van der Waals surface area contributed by atoms with Gasteiger partial charge in [0.05, 0.1) is 5.69 Å². The Balaban J connectivity index is 1.53. The maximum atomic E-state index is 12.8. The first-order valence-corrected chi connectivity index (χ1v) is 9.40. The number of hydrogen-bond acceptors (Lipinski definition) is 4. The smallest absolute Gasteiger partial charge is 0.265 e. The highest BCUT2D eigenvalue weighted by atomic mass is 79.9. The SMILES string of the molecule is NC[C@]12CC[C@H]1CN(C(=O)c1cc(-c3ccc(Br)cc3)ns1)C2. The number of aromatic nitrogens is 1. The fourth-order valence-corrected chi connectivity index (χ4v) is 4.73. The summed E-state index contributed by atoms with van der Waals surface area (Å²) in [7, 11) is 0. The molecule has 1 aliphatic heterocycles. The molecule has 1 saturated heterocycles. The van der Waals surface area contributed by atoms with Crippen LogP contribution in [0.4, 0.5) is 0 Å². The van der Waals surface area contributed by atoms with Crippen molar-refractivity contribution in [3.63, 3.8) is 0 Å². The van der Waals surface area contributed by atoms with Crippen molar-refractivity contribution in [3.8, 4) is 11.3 Å². The van der Waals surface area contributed by atoms with Crippen molar-refractivity contribution in [1.82, 2.24) is 9.27 Å². The zero-order valence-corrected chi connectivity index (χ0v) is 15.1. The van der Waals surface area contributed by atoms with Gasteiger partial charge in [0, 0.05) is 28.5 Å². The average Bonchev–Trinajstić information content (AvgIpc) is 3.12. The Morgan fingerprint density at radius 1 is 1.43 bits per heavy atom. The second-order valence-electron chi connectivity index (χ2n) is 6.57. The summed E-state index contributed by atoms with van der Waals surface area (Å²) in [6.07, 6.45) is 2.36. The summed E-state index contributed by atoms with van der Waals surface area (Å²) in [5, 5.41) is 0. The molecule has 2 N–H and O–H groups in total. The van der Waals surface area contributed by atoms with Crippen LogP contribution in [0.5, 0.6) is 0 Å². The van der Waals surface area contributed by atoms with Gasteiger partial charge in [-0.1, -0.05) is 28.1 Å². The predicted molar refractivity (Wildman–Crippen MR) is 95.4 cm³/mol. The number of nitrogens with two attached hydrogens (primary N) is 1. The monoisotopic (exact) mass is 391 g/mol. The van der Waals surface area contributed by atoms with Gasteiger partial charge in [-0.2, -0.15) is 4.37 Å². The van der Waals surface area contributed by atoms with Crippen molar-refractivity contribution >= 4 is 33.4 Å². The third-order valence-electron chi connectivity index (χ3n) is 5.36. The molecule has 23 heavy (non-hydrogen) atoms. The van der Waals surface area contributed by atoms with Gasteiger partial charge in [0.15, 0.2) is 0 Å². The second kappa shape index (κ2) is 5.69. The van der Waals surface area contributed by atoms with E-state index in [1.54, 1.807) is 0 Å². The van der Waals surface area contributed by atoms with E-state index in [2.05, 4.69) is 20.3 Å². The van der Waals surface area contributed by atoms with Gasteiger partial charge in [0.1, 0.15) is 4.88 Å². The topological polar surface area (TPSA) is 59.2 Å². The number of rotatable bonds is 3. The van der Waals surface area contributed by atoms with Crippen LogP contribution in [0.15, 0.2) is 34.8 Å². The third-order valence-corrected chi connectivity index (χ3v) is 6.66. The molecule has 2 aliphatic rings. The van der Waals surface area contributed by atoms with Gasteiger partial charge >= 0.3 is 0 Å². The second-order valence-corrected chi connectivity index (χ2v) is 8.29. The molecule has 1 amide bonds. The Kier molecular flexibility index (Phi) is 3.78. The number of nitrogens with zero attached hydrogens (tertiary/aromatic N) is 2. The number of amides is 1. The molecule has 2 fully saturated rings. The van der Waals surface area contributed by atoms with E-state index in [9.17, 15) is 4.79 Å². The molecule has 2 atom stereocenters. The average molecular weight is 392 g/mol. The predicted octanol–water partition coefficient (Wildman–Crippen LogP) is 3.38. The van der Waals surface area contributed by atoms with Gasteiger partial charge in [-0.3, -0.25) is 4.79 Å². The zero-order chi connectivity index (χ0) is 16.0. The molecule has 0 bridgehead atoms. The summed E-state index contributed by atoms with van der Waals surface area (Å²) in [5.74, 6) is 0.698. The first-order valence-electron chi connectivity index (χ1n) is 7.83. The van der Waals surface area contributed by atoms with Crippen molar-refractivity contribution in [2.24, 2.45) is 17.1 Å². The number of hydrogen-bond donors (Lipinski definition) is 1. The van der Waals surface area contributed by atoms with Gasteiger partial charge in [-0.15, -0.1) is 0 Å². The van der Waals surface area contributed by atoms with Crippen molar-refractivity contribution in [2.75, 3.05) is 19.6 Å². The first kappa shape index (κ1) is 15.3. The molecule has 4 nitrogen and oxygen atoms in total. The Labute approximate surface area is 148 Å². The molecule has 120 valence electrons. The molecule has 0 radical (unpaired) electrons. The van der Waals surface area contributed by atoms with E-state index in [0.29, 0.717) is 12.5 Å². The third kappa shape index (κ3) is 2.53. The zero-order valence-electron chi connectivity index (χ0n) is 12.7. The minimum Gasteiger partial charge on any atom is -0.337 e. The lowest BCUT2D eigenvalue weighted by molar-refractivity contribution is 0.0758. The van der Waals surface area contributed by atoms with Crippen molar-refractivity contribution in [2.45, 2.75) is 12.8 Å². The summed E-state index contributed by atoms with van der Waals surface area (Å²) in [6.45, 7) is 2.34. The summed E-state index contributed by atoms with van der Waals surface area (Å²) in [4.78, 5) is 15.5. The molecule has 0 unspecified atom stereocenters. The molecule has 4 rings (SSSR count). The maximum absolute atomic E-state index is 12.8. The number of likely N-dealkylation sites (tertiary alicyclic amines) is 1. The van der Waals surface area contributed by atoms with Crippen LogP contribution in [-0.4, -0.2) is 34.8 Å². The van der Waals surface area contributed by atoms with Crippen LogP contribution < -0.4 is 5.73 Å². The number of benzene rings is 1. The minimum atomic E-state index is 0.105. The fraction of sp³-hybridized carbons (Fsp3) is 0.412. The lowest BCUT2D eigenvalue weighted by atomic mass is 9.62. The van der Waals surface area contributed by atoms with Crippen LogP contribution >= 0.6 is 27.5 Å². The van der Waals surface area contributed by atoms with Crippen molar-refractivity contribution in [3.05, 3.63) is 39.7 Å². The van der Waals surface area contributed by atoms with Crippen LogP contribution in [0.3, 0.4) is 0 Å². The van der Waals surface area contributed by atoms with Crippen molar-refractivity contribution < 1.29 is 4.79 Å². The molecule has 2 aromatic rings. The molecule has 1 aromatic carbocycles. The number of carbonyl (C=O) groups is 1. The van der Waals surface area contributed by atoms with Crippen LogP contribution in [0.1, 0.15) is 22.5 Å². The van der Waals surface area contributed by atoms with Gasteiger partial charge in [0.2, 0.25) is 0 Å². The van der Waals surface area contributed by atoms with Crippen molar-refractivity contribution in [1.29, 1.82) is 0 Å². The fourth-order valence-electron chi connectivity index (χ4n) is 3.74. The standard InChI is InChI=1S/C17H18BrN3OS/c18-13-3-1-11(2-4-13)14-7-15(23-20-14)16(22)21-8-12-5-6-17(12,9-19)10-21/h1-4,7,12H,5-6,8-10,19H2/t12-,17-/m0/s1. The largest absolute Gasteiger partial charge is 0.337 e. The van der Waals surface area contributed by atoms with Crippen LogP contribution in [0.25, 0.3) is 11.3 Å². The minimum absolute atomic E-state index is 0.105. The molecule has 1 saturated carbocycles. The maximum Gasteiger partial charge on any atom is 0.265 e. The van der Waals surface area contributed by atoms with E-state index in [4.69, 9.17) is 5.73 Å². The Morgan fingerprint density at radius 3 is 2.83 bits per heavy atom. The summed E-state index contributed by atoms with van der Waals surface area (Å²) < 4.78 is 5.49. The van der Waals surface area contributed by atoms with E-state index in [-0.39, 0.29) is 11.3 Å². The van der Waals surface area contributed by atoms with Crippen LogP contribution in [0, 0.1) is 11.3 Å². The van der Waals surface area contributed by atoms with Crippen LogP contribution in [0.2, 0.25) is 0 Å². The van der Waals surface area contributed by atoms with Gasteiger partial charge in [0.25, 0.3) is 5.91 Å². The van der Waals surface area contributed by atoms with Crippen LogP contribution in [-0.2, 0) is 0 Å². The molecular weight excluding hydrogens is 374 g/mol. The number of carbonyl (C=O) groups excluding carboxylic acids is 1. The lowest BCUT2D eigenvalue weighted by Crippen LogP contribution is -2.45. The quantitative estimate of drug-likeness (QED) is 0.871. The highest BCUT2D eigenvalue weighted by molar-refractivity contribution is 9.10. The number of fused-ring (bicyclic) bond motifs is 1. The molecule has 0 spiro atoms. The Bertz CT molecular complexity index is 741. The highest BCUT2D eigenvalue weighted by Gasteiger charge is 2.53. The lowest BCUT2D eigenvalue weighted by Gasteiger charge is -2.42. The number of halogens is 1. The first-order chi connectivity index (χ1) is 11.1. The van der Waals surface area contributed by atoms with Gasteiger partial charge < -0.3 is 10.6 Å². The highest BCUT2D eigenvalue weighted by Crippen LogP contribution is 2.51. The summed E-state index contributed by atoms with van der Waals surface area (Å²) >= 11 is 4.72. The molecule has 1 aliphatic carbocycles. The summed E-state index contributed by atoms with van der Waals surface area (Å²) in [5.41, 5.74) is 8.03. The van der Waals surface area contributed by atoms with Gasteiger partial charge in [-0.05, 0) is 55.0 Å². The Morgan fingerprint density at radius 2 is 2.22 bits per heavy atom. The molecule has 2 heterocycles. The van der Waals surface area contributed by atoms with E-state index in [1.807, 2.05) is 35.2 Å². The summed E-state index contributed by atoms with van der Waals surface area (Å²) in [6, 6.07) is 9.89. The molecule has 6 heteroatoms. The molecular formula is C17H18BrN3OS. The van der Waals surface area contributed by atoms with E-state index < -0.39 is 0 Å². The van der Waals surface area contributed by atoms with Gasteiger partial charge in [-0.25, -0.2) is 0 Å². The van der Waals surface area contributed by atoms with E-state index in [1.165, 1.54) is 18.0 Å². The van der Waals surface area contributed by atoms with E-state index in [0.717, 1.165) is 40.1 Å². The normalized spacial score (nSPS) is 26.0. The van der Waals surface area contributed by atoms with E-state index >= 15 is 0 Å². The Hall–Kier alpha value is -1.24.